The van der Waals surface area contributed by atoms with Crippen LogP contribution in [-0.2, 0) is 17.9 Å². The summed E-state index contributed by atoms with van der Waals surface area (Å²) in [5.74, 6) is -0.465. The van der Waals surface area contributed by atoms with Crippen molar-refractivity contribution in [2.75, 3.05) is 0 Å². The first-order chi connectivity index (χ1) is 10.7. The van der Waals surface area contributed by atoms with Crippen LogP contribution < -0.4 is 5.32 Å². The average molecular weight is 302 g/mol. The second-order valence-electron chi connectivity index (χ2n) is 5.67. The molecule has 1 N–H and O–H groups in total. The van der Waals surface area contributed by atoms with Crippen molar-refractivity contribution in [1.82, 2.24) is 20.3 Å². The predicted octanol–water partition coefficient (Wildman–Crippen LogP) is 1.58. The van der Waals surface area contributed by atoms with E-state index in [0.29, 0.717) is 17.9 Å². The monoisotopic (exact) mass is 302 g/mol. The Morgan fingerprint density at radius 2 is 2.09 bits per heavy atom. The molecule has 4 rings (SSSR count). The lowest BCUT2D eigenvalue weighted by molar-refractivity contribution is -0.00180. The van der Waals surface area contributed by atoms with Crippen LogP contribution in [0.25, 0.3) is 0 Å². The number of hydrogen-bond donors (Lipinski definition) is 1. The molecule has 2 aromatic rings. The van der Waals surface area contributed by atoms with Gasteiger partial charge in [-0.25, -0.2) is 9.07 Å². The van der Waals surface area contributed by atoms with Crippen LogP contribution in [0.5, 0.6) is 0 Å². The van der Waals surface area contributed by atoms with E-state index in [1.54, 1.807) is 16.8 Å². The van der Waals surface area contributed by atoms with Gasteiger partial charge in [-0.3, -0.25) is 4.79 Å². The van der Waals surface area contributed by atoms with Crippen molar-refractivity contribution in [3.8, 4) is 0 Å². The van der Waals surface area contributed by atoms with Crippen molar-refractivity contribution in [3.05, 3.63) is 47.0 Å². The van der Waals surface area contributed by atoms with Crippen LogP contribution in [0.1, 0.15) is 40.7 Å². The third-order valence-corrected chi connectivity index (χ3v) is 3.97. The molecular formula is C15H15FN4O2. The molecule has 7 heteroatoms. The summed E-state index contributed by atoms with van der Waals surface area (Å²) in [7, 11) is 0. The smallest absolute Gasteiger partial charge is 0.274 e. The summed E-state index contributed by atoms with van der Waals surface area (Å²) >= 11 is 0. The summed E-state index contributed by atoms with van der Waals surface area (Å²) in [5.41, 5.74) is 1.91. The molecule has 2 aliphatic rings. The molecular weight excluding hydrogens is 287 g/mol. The molecule has 0 bridgehead atoms. The highest BCUT2D eigenvalue weighted by Gasteiger charge is 2.30. The fraction of sp³-hybridized carbons (Fsp3) is 0.400. The van der Waals surface area contributed by atoms with E-state index in [1.165, 1.54) is 12.1 Å². The maximum atomic E-state index is 13.0. The number of hydrogen-bond acceptors (Lipinski definition) is 4. The van der Waals surface area contributed by atoms with Gasteiger partial charge in [0.15, 0.2) is 5.69 Å². The molecule has 2 heterocycles. The van der Waals surface area contributed by atoms with E-state index in [4.69, 9.17) is 4.74 Å². The number of nitrogens with one attached hydrogen (secondary N) is 1. The highest BCUT2D eigenvalue weighted by Crippen LogP contribution is 2.27. The Bertz CT molecular complexity index is 709. The zero-order chi connectivity index (χ0) is 15.1. The number of amides is 1. The first-order valence-corrected chi connectivity index (χ1v) is 7.31. The van der Waals surface area contributed by atoms with E-state index < -0.39 is 0 Å². The summed E-state index contributed by atoms with van der Waals surface area (Å²) in [6.07, 6.45) is 1.84. The van der Waals surface area contributed by atoms with Crippen LogP contribution in [0.2, 0.25) is 0 Å². The van der Waals surface area contributed by atoms with E-state index in [0.717, 1.165) is 18.4 Å². The van der Waals surface area contributed by atoms with Crippen LogP contribution in [0.15, 0.2) is 24.3 Å². The highest BCUT2D eigenvalue weighted by atomic mass is 19.1. The maximum Gasteiger partial charge on any atom is 0.274 e. The molecule has 1 aliphatic heterocycles. The molecule has 1 saturated carbocycles. The zero-order valence-electron chi connectivity index (χ0n) is 11.8. The van der Waals surface area contributed by atoms with Gasteiger partial charge >= 0.3 is 0 Å². The Morgan fingerprint density at radius 3 is 2.82 bits per heavy atom. The standard InChI is InChI=1S/C15H15FN4O2/c16-10-3-1-9(2-4-10)13-7-20-12(8-22-13)14(18-19-20)15(21)17-11-5-6-11/h1-4,11,13H,5-8H2,(H,17,21)/t13-/m1/s1. The normalized spacial score (nSPS) is 20.5. The Balaban J connectivity index is 1.53. The van der Waals surface area contributed by atoms with Crippen LogP contribution in [0.3, 0.4) is 0 Å². The topological polar surface area (TPSA) is 69.0 Å². The Hall–Kier alpha value is -2.28. The molecule has 0 unspecified atom stereocenters. The van der Waals surface area contributed by atoms with Gasteiger partial charge in [-0.05, 0) is 30.5 Å². The Kier molecular flexibility index (Phi) is 3.15. The van der Waals surface area contributed by atoms with Crippen LogP contribution in [0.4, 0.5) is 4.39 Å². The molecule has 1 aliphatic carbocycles. The van der Waals surface area contributed by atoms with Gasteiger partial charge in [0, 0.05) is 6.04 Å². The van der Waals surface area contributed by atoms with Crippen molar-refractivity contribution >= 4 is 5.91 Å². The number of benzene rings is 1. The van der Waals surface area contributed by atoms with Gasteiger partial charge in [-0.15, -0.1) is 5.10 Å². The van der Waals surface area contributed by atoms with E-state index in [2.05, 4.69) is 15.6 Å². The molecule has 1 aromatic carbocycles. The minimum Gasteiger partial charge on any atom is -0.365 e. The first-order valence-electron chi connectivity index (χ1n) is 7.31. The number of carbonyl (C=O) groups excluding carboxylic acids is 1. The van der Waals surface area contributed by atoms with Gasteiger partial charge in [0.1, 0.15) is 11.9 Å². The van der Waals surface area contributed by atoms with Gasteiger partial charge in [0.2, 0.25) is 0 Å². The minimum absolute atomic E-state index is 0.187. The Labute approximate surface area is 126 Å². The predicted molar refractivity (Wildman–Crippen MR) is 74.4 cm³/mol. The number of rotatable bonds is 3. The van der Waals surface area contributed by atoms with Crippen molar-refractivity contribution < 1.29 is 13.9 Å². The fourth-order valence-corrected chi connectivity index (χ4v) is 2.55. The lowest BCUT2D eigenvalue weighted by Gasteiger charge is -2.24. The highest BCUT2D eigenvalue weighted by molar-refractivity contribution is 5.93. The van der Waals surface area contributed by atoms with E-state index in [9.17, 15) is 9.18 Å². The third-order valence-electron chi connectivity index (χ3n) is 3.97. The van der Waals surface area contributed by atoms with Crippen molar-refractivity contribution in [2.45, 2.75) is 38.1 Å². The number of fused-ring (bicyclic) bond motifs is 1. The molecule has 1 atom stereocenters. The lowest BCUT2D eigenvalue weighted by Crippen LogP contribution is -2.28. The van der Waals surface area contributed by atoms with Gasteiger partial charge in [0.25, 0.3) is 5.91 Å². The van der Waals surface area contributed by atoms with E-state index in [-0.39, 0.29) is 30.5 Å². The lowest BCUT2D eigenvalue weighted by atomic mass is 10.1. The number of ether oxygens (including phenoxy) is 1. The maximum absolute atomic E-state index is 13.0. The quantitative estimate of drug-likeness (QED) is 0.934. The SMILES string of the molecule is O=C(NC1CC1)c1nnn2c1CO[C@@H](c1ccc(F)cc1)C2. The average Bonchev–Trinajstić information content (AvgIpc) is 3.23. The number of nitrogens with zero attached hydrogens (tertiary/aromatic N) is 3. The summed E-state index contributed by atoms with van der Waals surface area (Å²) < 4.78 is 20.5. The molecule has 1 amide bonds. The van der Waals surface area contributed by atoms with Gasteiger partial charge in [-0.1, -0.05) is 17.3 Å². The summed E-state index contributed by atoms with van der Waals surface area (Å²) in [5, 5.41) is 10.9. The zero-order valence-corrected chi connectivity index (χ0v) is 11.8. The first kappa shape index (κ1) is 13.4. The molecule has 0 spiro atoms. The van der Waals surface area contributed by atoms with Crippen LogP contribution in [-0.4, -0.2) is 26.9 Å². The number of carbonyl (C=O) groups is 1. The second kappa shape index (κ2) is 5.17. The largest absolute Gasteiger partial charge is 0.365 e. The molecule has 1 aromatic heterocycles. The molecule has 0 radical (unpaired) electrons. The molecule has 114 valence electrons. The fourth-order valence-electron chi connectivity index (χ4n) is 2.55. The van der Waals surface area contributed by atoms with Gasteiger partial charge in [0.05, 0.1) is 18.8 Å². The summed E-state index contributed by atoms with van der Waals surface area (Å²) in [6.45, 7) is 0.729. The van der Waals surface area contributed by atoms with Crippen LogP contribution >= 0.6 is 0 Å². The van der Waals surface area contributed by atoms with Gasteiger partial charge < -0.3 is 10.1 Å². The molecule has 6 nitrogen and oxygen atoms in total. The van der Waals surface area contributed by atoms with Crippen molar-refractivity contribution in [2.24, 2.45) is 0 Å². The van der Waals surface area contributed by atoms with Gasteiger partial charge in [-0.2, -0.15) is 0 Å². The van der Waals surface area contributed by atoms with E-state index in [1.807, 2.05) is 0 Å². The second-order valence-corrected chi connectivity index (χ2v) is 5.67. The third kappa shape index (κ3) is 2.48. The summed E-state index contributed by atoms with van der Waals surface area (Å²) in [4.78, 5) is 12.1. The van der Waals surface area contributed by atoms with Crippen molar-refractivity contribution in [3.63, 3.8) is 0 Å². The number of aromatic nitrogens is 3. The molecule has 0 saturated heterocycles. The van der Waals surface area contributed by atoms with E-state index >= 15 is 0 Å². The molecule has 22 heavy (non-hydrogen) atoms. The molecule has 1 fully saturated rings. The van der Waals surface area contributed by atoms with Crippen LogP contribution in [0, 0.1) is 5.82 Å². The summed E-state index contributed by atoms with van der Waals surface area (Å²) in [6, 6.07) is 6.49. The number of halogens is 1. The van der Waals surface area contributed by atoms with Crippen molar-refractivity contribution in [1.29, 1.82) is 0 Å². The Morgan fingerprint density at radius 1 is 1.32 bits per heavy atom. The minimum atomic E-state index is -0.278.